The second-order valence-electron chi connectivity index (χ2n) is 13.4. The maximum Gasteiger partial charge on any atom is 0.261 e. The molecule has 1 fully saturated rings. The summed E-state index contributed by atoms with van der Waals surface area (Å²) in [5, 5.41) is 3.15. The molecule has 0 atom stereocenters. The molecule has 3 aromatic carbocycles. The summed E-state index contributed by atoms with van der Waals surface area (Å²) in [6.45, 7) is 1.55. The number of alkyl halides is 2. The van der Waals surface area contributed by atoms with Crippen LogP contribution in [0.15, 0.2) is 71.1 Å². The van der Waals surface area contributed by atoms with Crippen LogP contribution in [-0.2, 0) is 16.6 Å². The number of aromatic nitrogens is 3. The molecule has 7 aromatic rings. The summed E-state index contributed by atoms with van der Waals surface area (Å²) in [4.78, 5) is 24.8. The van der Waals surface area contributed by atoms with Crippen molar-refractivity contribution in [1.29, 1.82) is 0 Å². The molecule has 0 bridgehead atoms. The molecule has 1 aliphatic rings. The SMILES string of the molecule is CNC(=O)c1c(-c2ccc(C)cc2F)oc2cc(N(C)S(C)(=O)=O)c(-c3ccc4nc(CN5CCC(F)(F)C5)n5c6cccc(F)c6cc5c4n3)cc12. The number of benzene rings is 3. The third-order valence-electron chi connectivity index (χ3n) is 9.77. The Kier molecular flexibility index (Phi) is 8.00. The molecule has 0 unspecified atom stereocenters. The highest BCUT2D eigenvalue weighted by molar-refractivity contribution is 7.92. The number of hydrogen-bond acceptors (Lipinski definition) is 7. The third-order valence-corrected chi connectivity index (χ3v) is 11.0. The van der Waals surface area contributed by atoms with E-state index in [0.717, 1.165) is 10.6 Å². The van der Waals surface area contributed by atoms with Crippen molar-refractivity contribution in [3.63, 3.8) is 0 Å². The first-order chi connectivity index (χ1) is 25.1. The van der Waals surface area contributed by atoms with Crippen LogP contribution in [0.25, 0.3) is 61.0 Å². The fourth-order valence-electron chi connectivity index (χ4n) is 7.09. The van der Waals surface area contributed by atoms with Gasteiger partial charge in [0.05, 0.1) is 58.4 Å². The molecule has 53 heavy (non-hydrogen) atoms. The van der Waals surface area contributed by atoms with Crippen molar-refractivity contribution in [2.24, 2.45) is 0 Å². The van der Waals surface area contributed by atoms with Gasteiger partial charge in [0.2, 0.25) is 10.0 Å². The largest absolute Gasteiger partial charge is 0.455 e. The Bertz CT molecular complexity index is 2780. The van der Waals surface area contributed by atoms with Gasteiger partial charge in [-0.1, -0.05) is 12.1 Å². The smallest absolute Gasteiger partial charge is 0.261 e. The monoisotopic (exact) mass is 744 g/mol. The molecule has 0 radical (unpaired) electrons. The van der Waals surface area contributed by atoms with E-state index in [0.29, 0.717) is 33.5 Å². The number of carbonyl (C=O) groups is 1. The Balaban J connectivity index is 1.39. The quantitative estimate of drug-likeness (QED) is 0.171. The van der Waals surface area contributed by atoms with Gasteiger partial charge in [0.15, 0.2) is 5.76 Å². The molecule has 1 saturated heterocycles. The minimum atomic E-state index is -3.86. The molecule has 0 saturated carbocycles. The van der Waals surface area contributed by atoms with Gasteiger partial charge >= 0.3 is 0 Å². The van der Waals surface area contributed by atoms with E-state index in [1.54, 1.807) is 58.7 Å². The van der Waals surface area contributed by atoms with Crippen molar-refractivity contribution < 1.29 is 35.2 Å². The summed E-state index contributed by atoms with van der Waals surface area (Å²) >= 11 is 0. The first kappa shape index (κ1) is 34.5. The summed E-state index contributed by atoms with van der Waals surface area (Å²) < 4.78 is 93.7. The number of aryl methyl sites for hydroxylation is 1. The fourth-order valence-corrected chi connectivity index (χ4v) is 7.59. The highest BCUT2D eigenvalue weighted by Gasteiger charge is 2.38. The van der Waals surface area contributed by atoms with Gasteiger partial charge in [-0.3, -0.25) is 18.4 Å². The van der Waals surface area contributed by atoms with Gasteiger partial charge in [0.1, 0.15) is 28.6 Å². The summed E-state index contributed by atoms with van der Waals surface area (Å²) in [5.74, 6) is -4.09. The van der Waals surface area contributed by atoms with E-state index in [1.807, 2.05) is 0 Å². The predicted octanol–water partition coefficient (Wildman–Crippen LogP) is 7.30. The second kappa shape index (κ2) is 12.3. The lowest BCUT2D eigenvalue weighted by molar-refractivity contribution is 0.0112. The molecule has 5 heterocycles. The molecule has 15 heteroatoms. The molecule has 1 aliphatic heterocycles. The number of sulfonamides is 1. The lowest BCUT2D eigenvalue weighted by Gasteiger charge is -2.21. The van der Waals surface area contributed by atoms with E-state index in [2.05, 4.69) is 5.32 Å². The topological polar surface area (TPSA) is 113 Å². The first-order valence-electron chi connectivity index (χ1n) is 16.7. The highest BCUT2D eigenvalue weighted by atomic mass is 32.2. The lowest BCUT2D eigenvalue weighted by Crippen LogP contribution is -2.26. The summed E-state index contributed by atoms with van der Waals surface area (Å²) in [5.41, 5.74) is 3.27. The number of anilines is 1. The molecule has 0 spiro atoms. The zero-order chi connectivity index (χ0) is 37.6. The van der Waals surface area contributed by atoms with Crippen LogP contribution in [0.1, 0.15) is 28.2 Å². The Hall–Kier alpha value is -5.54. The van der Waals surface area contributed by atoms with Crippen molar-refractivity contribution in [2.75, 3.05) is 37.7 Å². The van der Waals surface area contributed by atoms with E-state index in [-0.39, 0.29) is 69.7 Å². The van der Waals surface area contributed by atoms with E-state index < -0.39 is 40.0 Å². The number of amides is 1. The average Bonchev–Trinajstić information content (AvgIpc) is 3.79. The minimum absolute atomic E-state index is 0.0374. The molecule has 0 aliphatic carbocycles. The van der Waals surface area contributed by atoms with Gasteiger partial charge in [-0.05, 0) is 61.0 Å². The van der Waals surface area contributed by atoms with Gasteiger partial charge in [0, 0.05) is 49.5 Å². The van der Waals surface area contributed by atoms with E-state index in [1.165, 1.54) is 38.4 Å². The molecule has 272 valence electrons. The zero-order valence-corrected chi connectivity index (χ0v) is 29.8. The van der Waals surface area contributed by atoms with Gasteiger partial charge in [-0.15, -0.1) is 0 Å². The summed E-state index contributed by atoms with van der Waals surface area (Å²) in [6.07, 6.45) is 0.760. The van der Waals surface area contributed by atoms with Crippen molar-refractivity contribution in [3.8, 4) is 22.6 Å². The van der Waals surface area contributed by atoms with Crippen LogP contribution in [0.2, 0.25) is 0 Å². The molecule has 8 rings (SSSR count). The molecule has 4 aromatic heterocycles. The normalized spacial score (nSPS) is 14.9. The Morgan fingerprint density at radius 1 is 0.981 bits per heavy atom. The number of pyridine rings is 1. The van der Waals surface area contributed by atoms with E-state index in [9.17, 15) is 22.0 Å². The Labute approximate surface area is 300 Å². The number of rotatable bonds is 7. The molecule has 1 amide bonds. The average molecular weight is 745 g/mol. The fraction of sp³-hybridized carbons (Fsp3) is 0.237. The second-order valence-corrected chi connectivity index (χ2v) is 15.4. The number of nitrogens with one attached hydrogen (secondary N) is 1. The number of halogens is 4. The minimum Gasteiger partial charge on any atom is -0.455 e. The van der Waals surface area contributed by atoms with Crippen molar-refractivity contribution in [2.45, 2.75) is 25.8 Å². The van der Waals surface area contributed by atoms with Crippen molar-refractivity contribution in [3.05, 3.63) is 95.3 Å². The molecular weight excluding hydrogens is 713 g/mol. The number of likely N-dealkylation sites (tertiary alicyclic amines) is 1. The predicted molar refractivity (Wildman–Crippen MR) is 195 cm³/mol. The van der Waals surface area contributed by atoms with Crippen LogP contribution in [0, 0.1) is 18.6 Å². The number of hydrogen-bond donors (Lipinski definition) is 1. The van der Waals surface area contributed by atoms with Crippen LogP contribution in [-0.4, -0.2) is 73.0 Å². The number of fused-ring (bicyclic) bond motifs is 6. The first-order valence-corrected chi connectivity index (χ1v) is 18.5. The van der Waals surface area contributed by atoms with E-state index in [4.69, 9.17) is 14.4 Å². The number of nitrogens with zero attached hydrogens (tertiary/aromatic N) is 5. The summed E-state index contributed by atoms with van der Waals surface area (Å²) in [7, 11) is -1.07. The van der Waals surface area contributed by atoms with E-state index >= 15 is 8.78 Å². The standard InChI is InChI=1S/C38H32F4N6O4S/c1-20-8-9-21(26(40)14-20)36-34(37(49)43-2)24-15-23(30(17-32(24)52-36)46(3)53(4,50)51)27-10-11-28-35(45-27)31-16-22-25(39)6-5-7-29(22)48(31)33(44-28)18-47-13-12-38(41,42)19-47/h5-11,14-17H,12-13,18-19H2,1-4H3,(H,43,49). The van der Waals surface area contributed by atoms with Crippen LogP contribution in [0.5, 0.6) is 0 Å². The zero-order valence-electron chi connectivity index (χ0n) is 29.0. The van der Waals surface area contributed by atoms with Gasteiger partial charge in [-0.25, -0.2) is 35.9 Å². The van der Waals surface area contributed by atoms with Crippen LogP contribution in [0.4, 0.5) is 23.2 Å². The van der Waals surface area contributed by atoms with Crippen molar-refractivity contribution in [1.82, 2.24) is 24.6 Å². The van der Waals surface area contributed by atoms with Gasteiger partial charge in [-0.2, -0.15) is 0 Å². The maximum atomic E-state index is 15.3. The number of carbonyl (C=O) groups excluding carboxylic acids is 1. The van der Waals surface area contributed by atoms with Gasteiger partial charge < -0.3 is 9.73 Å². The maximum absolute atomic E-state index is 15.3. The van der Waals surface area contributed by atoms with Gasteiger partial charge in [0.25, 0.3) is 11.8 Å². The molecule has 1 N–H and O–H groups in total. The Morgan fingerprint density at radius 2 is 1.77 bits per heavy atom. The molecular formula is C38H32F4N6O4S. The van der Waals surface area contributed by atoms with Crippen LogP contribution < -0.4 is 9.62 Å². The third kappa shape index (κ3) is 5.83. The number of furan rings is 1. The Morgan fingerprint density at radius 3 is 2.47 bits per heavy atom. The highest BCUT2D eigenvalue weighted by Crippen LogP contribution is 2.42. The summed E-state index contributed by atoms with van der Waals surface area (Å²) in [6, 6.07) is 17.1. The van der Waals surface area contributed by atoms with Crippen LogP contribution in [0.3, 0.4) is 0 Å². The lowest BCUT2D eigenvalue weighted by atomic mass is 10.00. The van der Waals surface area contributed by atoms with Crippen LogP contribution >= 0.6 is 0 Å². The molecule has 10 nitrogen and oxygen atoms in total. The van der Waals surface area contributed by atoms with Crippen molar-refractivity contribution >= 4 is 60.0 Å².